The van der Waals surface area contributed by atoms with Crippen LogP contribution in [0.25, 0.3) is 33.9 Å². The molecule has 1 unspecified atom stereocenters. The molecule has 2 saturated heterocycles. The Morgan fingerprint density at radius 3 is 2.48 bits per heavy atom. The quantitative estimate of drug-likeness (QED) is 0.105. The summed E-state index contributed by atoms with van der Waals surface area (Å²) in [7, 11) is 1.55. The van der Waals surface area contributed by atoms with Crippen molar-refractivity contribution in [2.24, 2.45) is 0 Å². The van der Waals surface area contributed by atoms with Crippen molar-refractivity contribution in [1.82, 2.24) is 35.2 Å². The van der Waals surface area contributed by atoms with Crippen LogP contribution in [0.15, 0.2) is 71.4 Å². The molecule has 4 aliphatic rings. The topological polar surface area (TPSA) is 188 Å². The minimum Gasteiger partial charge on any atom is -0.494 e. The number of benzene rings is 2. The van der Waals surface area contributed by atoms with E-state index in [4.69, 9.17) is 28.5 Å². The molecule has 1 N–H and O–H groups in total. The zero-order valence-electron chi connectivity index (χ0n) is 33.2. The molecule has 16 nitrogen and oxygen atoms in total. The molecular weight excluding hydrogens is 771 g/mol. The van der Waals surface area contributed by atoms with Crippen molar-refractivity contribution in [2.45, 2.75) is 82.1 Å². The van der Waals surface area contributed by atoms with Crippen LogP contribution in [0.4, 0.5) is 0 Å². The van der Waals surface area contributed by atoms with Crippen LogP contribution in [0, 0.1) is 0 Å². The summed E-state index contributed by atoms with van der Waals surface area (Å²) in [5.74, 6) is 0.451. The number of carbonyl (C=O) groups is 4. The Labute approximate surface area is 345 Å². The maximum Gasteiger partial charge on any atom is 0.262 e. The molecule has 4 amide bonds. The minimum atomic E-state index is -0.986. The molecular formula is C44H45N7O9. The van der Waals surface area contributed by atoms with Crippen molar-refractivity contribution in [3.63, 3.8) is 0 Å². The number of methoxy groups -OCH3 is 1. The van der Waals surface area contributed by atoms with Crippen molar-refractivity contribution in [3.05, 3.63) is 78.0 Å². The van der Waals surface area contributed by atoms with Gasteiger partial charge in [-0.1, -0.05) is 11.2 Å². The molecule has 1 atom stereocenters. The average Bonchev–Trinajstić information content (AvgIpc) is 3.84. The molecule has 310 valence electrons. The average molecular weight is 816 g/mol. The molecule has 1 aliphatic carbocycles. The van der Waals surface area contributed by atoms with Crippen LogP contribution < -0.4 is 19.5 Å². The van der Waals surface area contributed by atoms with Crippen LogP contribution in [-0.2, 0) is 14.3 Å². The molecule has 3 fully saturated rings. The van der Waals surface area contributed by atoms with E-state index < -0.39 is 29.7 Å². The van der Waals surface area contributed by atoms with E-state index in [2.05, 4.69) is 25.3 Å². The van der Waals surface area contributed by atoms with Crippen molar-refractivity contribution in [1.29, 1.82) is 0 Å². The van der Waals surface area contributed by atoms with Crippen molar-refractivity contribution in [2.75, 3.05) is 33.4 Å². The molecule has 0 bridgehead atoms. The van der Waals surface area contributed by atoms with Gasteiger partial charge >= 0.3 is 0 Å². The molecule has 0 radical (unpaired) electrons. The highest BCUT2D eigenvalue weighted by atomic mass is 16.5. The fourth-order valence-corrected chi connectivity index (χ4v) is 8.20. The summed E-state index contributed by atoms with van der Waals surface area (Å²) in [5, 5.41) is 7.30. The summed E-state index contributed by atoms with van der Waals surface area (Å²) in [6.07, 6.45) is 9.17. The third-order valence-corrected chi connectivity index (χ3v) is 11.6. The molecule has 5 aromatic rings. The number of aromatic nitrogens is 4. The number of amides is 4. The fourth-order valence-electron chi connectivity index (χ4n) is 8.20. The Balaban J connectivity index is 0.651. The number of pyridine rings is 2. The molecule has 2 aromatic carbocycles. The van der Waals surface area contributed by atoms with Gasteiger partial charge in [-0.15, -0.1) is 0 Å². The first-order valence-corrected chi connectivity index (χ1v) is 20.6. The zero-order valence-corrected chi connectivity index (χ0v) is 33.2. The number of carbonyl (C=O) groups excluding carboxylic acids is 4. The molecule has 1 saturated carbocycles. The number of ether oxygens (including phenoxy) is 4. The molecule has 9 rings (SSSR count). The number of nitrogens with one attached hydrogen (secondary N) is 1. The predicted molar refractivity (Wildman–Crippen MR) is 215 cm³/mol. The number of piperidine rings is 2. The van der Waals surface area contributed by atoms with Gasteiger partial charge in [0.05, 0.1) is 42.6 Å². The largest absolute Gasteiger partial charge is 0.494 e. The van der Waals surface area contributed by atoms with E-state index in [1.807, 2.05) is 30.3 Å². The SMILES string of the molecule is COc1cc(-c2nc(-c3ccc4cc(OC5CC(OC6CCN(CCCCCOc7ccc8c(c7)C(=O)N(C7CCC(=O)NC7=O)C8=O)CC6)C5)ccc4n3)no2)ccn1. The second-order valence-corrected chi connectivity index (χ2v) is 15.6. The lowest BCUT2D eigenvalue weighted by atomic mass is 9.91. The Bertz CT molecular complexity index is 2420. The molecule has 3 aliphatic heterocycles. The number of likely N-dealkylation sites (tertiary alicyclic amines) is 1. The van der Waals surface area contributed by atoms with Crippen LogP contribution in [0.2, 0.25) is 0 Å². The van der Waals surface area contributed by atoms with E-state index in [1.54, 1.807) is 43.6 Å². The van der Waals surface area contributed by atoms with Gasteiger partial charge in [-0.05, 0) is 93.6 Å². The van der Waals surface area contributed by atoms with Gasteiger partial charge in [-0.25, -0.2) is 9.97 Å². The van der Waals surface area contributed by atoms with Crippen LogP contribution >= 0.6 is 0 Å². The number of fused-ring (bicyclic) bond motifs is 2. The van der Waals surface area contributed by atoms with E-state index in [0.29, 0.717) is 41.2 Å². The normalized spacial score (nSPS) is 20.9. The van der Waals surface area contributed by atoms with E-state index in [1.165, 1.54) is 0 Å². The van der Waals surface area contributed by atoms with Crippen molar-refractivity contribution in [3.8, 4) is 40.4 Å². The molecule has 16 heteroatoms. The van der Waals surface area contributed by atoms with Gasteiger partial charge in [0.2, 0.25) is 23.5 Å². The maximum absolute atomic E-state index is 13.1. The highest BCUT2D eigenvalue weighted by Crippen LogP contribution is 2.34. The molecule has 3 aromatic heterocycles. The van der Waals surface area contributed by atoms with Crippen LogP contribution in [-0.4, -0.2) is 111 Å². The standard InChI is InChI=1S/C44H45N7O9/c1-56-39-22-27(13-16-45-39)42-48-40(49-60-42)36-9-5-26-21-30(7-10-35(26)46-36)59-32-23-31(24-32)58-28-14-18-50(19-15-28)17-3-2-4-20-57-29-6-8-33-34(25-29)44(55)51(43(33)54)37-11-12-38(52)47-41(37)53/h5-10,13,16,21-22,25,28,31-32,37H,2-4,11-12,14-15,17-20,23-24H2,1H3,(H,47,52,53). The fraction of sp³-hybridized carbons (Fsp3) is 0.409. The van der Waals surface area contributed by atoms with Gasteiger partial charge in [0.15, 0.2) is 0 Å². The molecule has 6 heterocycles. The Morgan fingerprint density at radius 1 is 0.817 bits per heavy atom. The first kappa shape index (κ1) is 39.2. The maximum atomic E-state index is 13.1. The van der Waals surface area contributed by atoms with E-state index >= 15 is 0 Å². The lowest BCUT2D eigenvalue weighted by molar-refractivity contribution is -0.136. The second kappa shape index (κ2) is 17.1. The van der Waals surface area contributed by atoms with Gasteiger partial charge in [0.1, 0.15) is 29.3 Å². The Kier molecular flexibility index (Phi) is 11.2. The van der Waals surface area contributed by atoms with Crippen molar-refractivity contribution < 1.29 is 42.6 Å². The summed E-state index contributed by atoms with van der Waals surface area (Å²) in [6, 6.07) is 17.1. The number of nitrogens with zero attached hydrogens (tertiary/aromatic N) is 6. The van der Waals surface area contributed by atoms with Gasteiger partial charge in [-0.2, -0.15) is 4.98 Å². The number of hydrogen-bond acceptors (Lipinski definition) is 14. The summed E-state index contributed by atoms with van der Waals surface area (Å²) in [5.41, 5.74) is 2.59. The van der Waals surface area contributed by atoms with E-state index in [0.717, 1.165) is 86.1 Å². The first-order chi connectivity index (χ1) is 29.3. The third kappa shape index (κ3) is 8.43. The number of unbranched alkanes of at least 4 members (excludes halogenated alkanes) is 2. The molecule has 0 spiro atoms. The summed E-state index contributed by atoms with van der Waals surface area (Å²) >= 11 is 0. The van der Waals surface area contributed by atoms with Crippen LogP contribution in [0.3, 0.4) is 0 Å². The minimum absolute atomic E-state index is 0.0824. The second-order valence-electron chi connectivity index (χ2n) is 15.6. The number of hydrogen-bond donors (Lipinski definition) is 1. The smallest absolute Gasteiger partial charge is 0.262 e. The van der Waals surface area contributed by atoms with E-state index in [-0.39, 0.29) is 42.3 Å². The monoisotopic (exact) mass is 815 g/mol. The zero-order chi connectivity index (χ0) is 41.2. The third-order valence-electron chi connectivity index (χ3n) is 11.6. The number of rotatable bonds is 15. The Hall–Kier alpha value is -6.26. The van der Waals surface area contributed by atoms with Gasteiger partial charge < -0.3 is 28.4 Å². The van der Waals surface area contributed by atoms with Gasteiger partial charge in [0.25, 0.3) is 17.7 Å². The summed E-state index contributed by atoms with van der Waals surface area (Å²) < 4.78 is 29.4. The van der Waals surface area contributed by atoms with Crippen LogP contribution in [0.1, 0.15) is 78.5 Å². The van der Waals surface area contributed by atoms with Gasteiger partial charge in [-0.3, -0.25) is 29.4 Å². The Morgan fingerprint density at radius 2 is 1.65 bits per heavy atom. The highest BCUT2D eigenvalue weighted by molar-refractivity contribution is 6.23. The predicted octanol–water partition coefficient (Wildman–Crippen LogP) is 5.40. The van der Waals surface area contributed by atoms with E-state index in [9.17, 15) is 19.2 Å². The lowest BCUT2D eigenvalue weighted by Gasteiger charge is -2.40. The summed E-state index contributed by atoms with van der Waals surface area (Å²) in [4.78, 5) is 66.7. The lowest BCUT2D eigenvalue weighted by Crippen LogP contribution is -2.54. The molecule has 60 heavy (non-hydrogen) atoms. The number of imide groups is 2. The van der Waals surface area contributed by atoms with Gasteiger partial charge in [0, 0.05) is 55.6 Å². The first-order valence-electron chi connectivity index (χ1n) is 20.6. The highest BCUT2D eigenvalue weighted by Gasteiger charge is 2.44. The summed E-state index contributed by atoms with van der Waals surface area (Å²) in [6.45, 7) is 3.56. The van der Waals surface area contributed by atoms with Crippen LogP contribution in [0.5, 0.6) is 17.4 Å². The van der Waals surface area contributed by atoms with Crippen molar-refractivity contribution >= 4 is 34.5 Å².